The van der Waals surface area contributed by atoms with Crippen LogP contribution in [0.25, 0.3) is 0 Å². The summed E-state index contributed by atoms with van der Waals surface area (Å²) in [6.07, 6.45) is 2.52. The first-order valence-electron chi connectivity index (χ1n) is 7.23. The maximum Gasteiger partial charge on any atom is 0.222 e. The number of carbonyl (C=O) groups excluding carboxylic acids is 1. The number of rotatable bonds is 5. The van der Waals surface area contributed by atoms with E-state index in [-0.39, 0.29) is 11.8 Å². The first-order valence-corrected chi connectivity index (χ1v) is 7.23. The van der Waals surface area contributed by atoms with Crippen molar-refractivity contribution in [1.29, 1.82) is 0 Å². The molecular weight excluding hydrogens is 254 g/mol. The van der Waals surface area contributed by atoms with E-state index in [0.717, 1.165) is 42.9 Å². The molecule has 1 atom stereocenters. The molecule has 0 aliphatic carbocycles. The van der Waals surface area contributed by atoms with E-state index >= 15 is 0 Å². The molecule has 0 aromatic carbocycles. The van der Waals surface area contributed by atoms with Crippen molar-refractivity contribution in [1.82, 2.24) is 10.2 Å². The van der Waals surface area contributed by atoms with E-state index in [2.05, 4.69) is 28.9 Å². The Balaban J connectivity index is 2.35. The molecule has 2 rings (SSSR count). The highest BCUT2D eigenvalue weighted by molar-refractivity contribution is 5.78. The first kappa shape index (κ1) is 14.7. The Morgan fingerprint density at radius 1 is 1.30 bits per heavy atom. The van der Waals surface area contributed by atoms with E-state index in [4.69, 9.17) is 11.5 Å². The van der Waals surface area contributed by atoms with Crippen LogP contribution in [0.4, 0.5) is 5.82 Å². The molecule has 1 aliphatic heterocycles. The van der Waals surface area contributed by atoms with Gasteiger partial charge < -0.3 is 16.4 Å². The number of primary amides is 1. The molecule has 2 heterocycles. The van der Waals surface area contributed by atoms with Crippen molar-refractivity contribution >= 4 is 11.7 Å². The van der Waals surface area contributed by atoms with E-state index in [0.29, 0.717) is 13.1 Å². The van der Waals surface area contributed by atoms with Crippen LogP contribution in [-0.2, 0) is 24.2 Å². The fourth-order valence-electron chi connectivity index (χ4n) is 2.89. The Hall–Kier alpha value is -1.69. The van der Waals surface area contributed by atoms with Gasteiger partial charge in [0.1, 0.15) is 0 Å². The third kappa shape index (κ3) is 2.60. The molecule has 6 nitrogen and oxygen atoms in total. The zero-order chi connectivity index (χ0) is 14.7. The minimum Gasteiger partial charge on any atom is -0.369 e. The zero-order valence-electron chi connectivity index (χ0n) is 12.2. The Kier molecular flexibility index (Phi) is 4.54. The van der Waals surface area contributed by atoms with Gasteiger partial charge in [0.25, 0.3) is 0 Å². The van der Waals surface area contributed by atoms with Gasteiger partial charge in [0.05, 0.1) is 11.6 Å². The van der Waals surface area contributed by atoms with Crippen LogP contribution in [0.2, 0.25) is 0 Å². The summed E-state index contributed by atoms with van der Waals surface area (Å²) in [5.74, 6) is 0.485. The number of hydrogen-bond donors (Lipinski definition) is 2. The van der Waals surface area contributed by atoms with Crippen LogP contribution >= 0.6 is 0 Å². The molecule has 0 spiro atoms. The Morgan fingerprint density at radius 3 is 2.55 bits per heavy atom. The summed E-state index contributed by atoms with van der Waals surface area (Å²) in [5, 5.41) is 8.68. The standard InChI is InChI=1S/C14H23N5O/c1-3-10-11(7-15)14(18-17-12(10)4-2)19-6-5-9(8-19)13(16)20/h9H,3-8,15H2,1-2H3,(H2,16,20). The lowest BCUT2D eigenvalue weighted by atomic mass is 10.0. The first-order chi connectivity index (χ1) is 9.62. The third-order valence-corrected chi connectivity index (χ3v) is 4.03. The molecule has 1 aromatic rings. The van der Waals surface area contributed by atoms with Gasteiger partial charge in [0.2, 0.25) is 5.91 Å². The SMILES string of the molecule is CCc1nnc(N2CCC(C(N)=O)C2)c(CN)c1CC. The molecule has 4 N–H and O–H groups in total. The summed E-state index contributed by atoms with van der Waals surface area (Å²) in [5.41, 5.74) is 14.6. The van der Waals surface area contributed by atoms with Gasteiger partial charge in [0, 0.05) is 25.2 Å². The van der Waals surface area contributed by atoms with Crippen LogP contribution in [0.1, 0.15) is 37.1 Å². The Morgan fingerprint density at radius 2 is 2.05 bits per heavy atom. The van der Waals surface area contributed by atoms with Crippen LogP contribution in [0.3, 0.4) is 0 Å². The second kappa shape index (κ2) is 6.17. The Labute approximate surface area is 119 Å². The van der Waals surface area contributed by atoms with Crippen molar-refractivity contribution in [2.45, 2.75) is 39.7 Å². The maximum atomic E-state index is 11.3. The summed E-state index contributed by atoms with van der Waals surface area (Å²) >= 11 is 0. The van der Waals surface area contributed by atoms with Crippen LogP contribution in [0.5, 0.6) is 0 Å². The quantitative estimate of drug-likeness (QED) is 0.810. The monoisotopic (exact) mass is 277 g/mol. The normalized spacial score (nSPS) is 18.6. The fourth-order valence-corrected chi connectivity index (χ4v) is 2.89. The van der Waals surface area contributed by atoms with E-state index in [1.807, 2.05) is 0 Å². The average molecular weight is 277 g/mol. The van der Waals surface area contributed by atoms with Crippen LogP contribution < -0.4 is 16.4 Å². The summed E-state index contributed by atoms with van der Waals surface area (Å²) in [6.45, 7) is 6.02. The molecular formula is C14H23N5O. The molecule has 0 bridgehead atoms. The van der Waals surface area contributed by atoms with Crippen LogP contribution in [0, 0.1) is 5.92 Å². The summed E-state index contributed by atoms with van der Waals surface area (Å²) in [4.78, 5) is 13.4. The van der Waals surface area contributed by atoms with Gasteiger partial charge in [-0.3, -0.25) is 4.79 Å². The van der Waals surface area contributed by atoms with Crippen molar-refractivity contribution in [2.24, 2.45) is 17.4 Å². The van der Waals surface area contributed by atoms with E-state index in [9.17, 15) is 4.79 Å². The second-order valence-electron chi connectivity index (χ2n) is 5.17. The molecule has 20 heavy (non-hydrogen) atoms. The van der Waals surface area contributed by atoms with Gasteiger partial charge in [-0.05, 0) is 24.8 Å². The lowest BCUT2D eigenvalue weighted by molar-refractivity contribution is -0.121. The number of nitrogens with two attached hydrogens (primary N) is 2. The average Bonchev–Trinajstić information content (AvgIpc) is 2.95. The minimum absolute atomic E-state index is 0.0987. The number of nitrogens with zero attached hydrogens (tertiary/aromatic N) is 3. The largest absolute Gasteiger partial charge is 0.369 e. The van der Waals surface area contributed by atoms with Gasteiger partial charge in [-0.2, -0.15) is 5.10 Å². The topological polar surface area (TPSA) is 98.1 Å². The second-order valence-corrected chi connectivity index (χ2v) is 5.17. The van der Waals surface area contributed by atoms with Gasteiger partial charge in [0.15, 0.2) is 5.82 Å². The number of aromatic nitrogens is 2. The smallest absolute Gasteiger partial charge is 0.222 e. The fraction of sp³-hybridized carbons (Fsp3) is 0.643. The van der Waals surface area contributed by atoms with Crippen LogP contribution in [0.15, 0.2) is 0 Å². The maximum absolute atomic E-state index is 11.3. The van der Waals surface area contributed by atoms with Gasteiger partial charge in [-0.15, -0.1) is 5.10 Å². The molecule has 1 aliphatic rings. The summed E-state index contributed by atoms with van der Waals surface area (Å²) in [7, 11) is 0. The number of aryl methyl sites for hydroxylation is 1. The zero-order valence-corrected chi connectivity index (χ0v) is 12.2. The van der Waals surface area contributed by atoms with Gasteiger partial charge in [-0.25, -0.2) is 0 Å². The lowest BCUT2D eigenvalue weighted by Crippen LogP contribution is -2.29. The predicted molar refractivity (Wildman–Crippen MR) is 78.2 cm³/mol. The molecule has 6 heteroatoms. The highest BCUT2D eigenvalue weighted by Gasteiger charge is 2.29. The number of anilines is 1. The molecule has 0 saturated carbocycles. The van der Waals surface area contributed by atoms with Crippen molar-refractivity contribution in [3.63, 3.8) is 0 Å². The van der Waals surface area contributed by atoms with Crippen molar-refractivity contribution in [2.75, 3.05) is 18.0 Å². The van der Waals surface area contributed by atoms with Crippen molar-refractivity contribution in [3.05, 3.63) is 16.8 Å². The van der Waals surface area contributed by atoms with E-state index < -0.39 is 0 Å². The summed E-state index contributed by atoms with van der Waals surface area (Å²) in [6, 6.07) is 0. The highest BCUT2D eigenvalue weighted by Crippen LogP contribution is 2.28. The number of hydrogen-bond acceptors (Lipinski definition) is 5. The summed E-state index contributed by atoms with van der Waals surface area (Å²) < 4.78 is 0. The molecule has 1 unspecified atom stereocenters. The minimum atomic E-state index is -0.240. The predicted octanol–water partition coefficient (Wildman–Crippen LogP) is 0.372. The van der Waals surface area contributed by atoms with Crippen molar-refractivity contribution in [3.8, 4) is 0 Å². The highest BCUT2D eigenvalue weighted by atomic mass is 16.1. The van der Waals surface area contributed by atoms with Crippen LogP contribution in [-0.4, -0.2) is 29.2 Å². The molecule has 1 fully saturated rings. The molecule has 1 saturated heterocycles. The van der Waals surface area contributed by atoms with E-state index in [1.165, 1.54) is 5.56 Å². The lowest BCUT2D eigenvalue weighted by Gasteiger charge is -2.22. The third-order valence-electron chi connectivity index (χ3n) is 4.03. The van der Waals surface area contributed by atoms with Gasteiger partial charge >= 0.3 is 0 Å². The molecule has 110 valence electrons. The molecule has 1 amide bonds. The van der Waals surface area contributed by atoms with Gasteiger partial charge in [-0.1, -0.05) is 13.8 Å². The Bertz CT molecular complexity index is 503. The van der Waals surface area contributed by atoms with E-state index in [1.54, 1.807) is 0 Å². The van der Waals surface area contributed by atoms with Crippen molar-refractivity contribution < 1.29 is 4.79 Å². The molecule has 1 aromatic heterocycles. The number of amides is 1. The molecule has 0 radical (unpaired) electrons. The number of carbonyl (C=O) groups is 1.